The molecule has 20 heavy (non-hydrogen) atoms. The Morgan fingerprint density at radius 2 is 2.30 bits per heavy atom. The van der Waals surface area contributed by atoms with Gasteiger partial charge in [0.25, 0.3) is 0 Å². The van der Waals surface area contributed by atoms with E-state index in [0.717, 1.165) is 44.9 Å². The lowest BCUT2D eigenvalue weighted by Gasteiger charge is -2.45. The number of pyridine rings is 1. The molecule has 0 saturated carbocycles. The van der Waals surface area contributed by atoms with E-state index in [4.69, 9.17) is 4.74 Å². The minimum absolute atomic E-state index is 0.00716. The molecule has 110 valence electrons. The van der Waals surface area contributed by atoms with Gasteiger partial charge in [0.05, 0.1) is 24.1 Å². The maximum atomic E-state index is 6.10. The normalized spacial score (nSPS) is 27.2. The second kappa shape index (κ2) is 5.70. The summed E-state index contributed by atoms with van der Waals surface area (Å²) in [4.78, 5) is 7.01. The molecule has 3 rings (SSSR count). The highest BCUT2D eigenvalue weighted by Crippen LogP contribution is 2.29. The number of nitrogens with one attached hydrogen (secondary N) is 1. The third-order valence-corrected chi connectivity index (χ3v) is 4.40. The zero-order chi connectivity index (χ0) is 14.0. The van der Waals surface area contributed by atoms with Crippen molar-refractivity contribution in [3.8, 4) is 0 Å². The summed E-state index contributed by atoms with van der Waals surface area (Å²) in [5.41, 5.74) is 2.39. The molecule has 0 bridgehead atoms. The van der Waals surface area contributed by atoms with Crippen LogP contribution in [0.25, 0.3) is 0 Å². The van der Waals surface area contributed by atoms with Crippen molar-refractivity contribution >= 4 is 5.69 Å². The van der Waals surface area contributed by atoms with E-state index in [0.29, 0.717) is 5.92 Å². The van der Waals surface area contributed by atoms with Crippen molar-refractivity contribution in [1.29, 1.82) is 0 Å². The number of morpholine rings is 1. The third-order valence-electron chi connectivity index (χ3n) is 4.40. The zero-order valence-electron chi connectivity index (χ0n) is 12.6. The number of aromatic nitrogens is 1. The van der Waals surface area contributed by atoms with Crippen LogP contribution in [0.1, 0.15) is 38.3 Å². The van der Waals surface area contributed by atoms with Crippen LogP contribution >= 0.6 is 0 Å². The first kappa shape index (κ1) is 13.8. The van der Waals surface area contributed by atoms with Crippen molar-refractivity contribution in [2.75, 3.05) is 37.7 Å². The number of ether oxygens (including phenoxy) is 1. The van der Waals surface area contributed by atoms with Gasteiger partial charge in [0.2, 0.25) is 0 Å². The Labute approximate surface area is 121 Å². The monoisotopic (exact) mass is 275 g/mol. The van der Waals surface area contributed by atoms with E-state index in [9.17, 15) is 0 Å². The van der Waals surface area contributed by atoms with Gasteiger partial charge in [0.1, 0.15) is 0 Å². The predicted octanol–water partition coefficient (Wildman–Crippen LogP) is 2.16. The number of rotatable bonds is 2. The van der Waals surface area contributed by atoms with E-state index in [1.54, 1.807) is 0 Å². The maximum absolute atomic E-state index is 6.10. The van der Waals surface area contributed by atoms with Gasteiger partial charge in [0, 0.05) is 31.9 Å². The Morgan fingerprint density at radius 1 is 1.40 bits per heavy atom. The number of nitrogens with zero attached hydrogens (tertiary/aromatic N) is 2. The Bertz CT molecular complexity index is 432. The van der Waals surface area contributed by atoms with Gasteiger partial charge in [-0.25, -0.2) is 0 Å². The molecule has 2 aliphatic heterocycles. The van der Waals surface area contributed by atoms with Gasteiger partial charge < -0.3 is 15.0 Å². The van der Waals surface area contributed by atoms with Crippen LogP contribution in [0.3, 0.4) is 0 Å². The standard InChI is InChI=1S/C16H25N3O/c1-13(2)15-5-4-14(10-18-15)19-8-3-6-16(12-19)11-17-7-9-20-16/h4-5,10,13,17H,3,6-9,11-12H2,1-2H3/t16-/m1/s1. The molecule has 0 aromatic carbocycles. The van der Waals surface area contributed by atoms with Crippen LogP contribution in [-0.4, -0.2) is 43.4 Å². The second-order valence-electron chi connectivity index (χ2n) is 6.33. The summed E-state index contributed by atoms with van der Waals surface area (Å²) in [5, 5.41) is 3.47. The molecule has 0 aliphatic carbocycles. The second-order valence-corrected chi connectivity index (χ2v) is 6.33. The Hall–Kier alpha value is -1.13. The molecule has 1 atom stereocenters. The summed E-state index contributed by atoms with van der Waals surface area (Å²) in [6.45, 7) is 9.22. The molecular formula is C16H25N3O. The van der Waals surface area contributed by atoms with E-state index in [-0.39, 0.29) is 5.60 Å². The Kier molecular flexibility index (Phi) is 3.94. The minimum atomic E-state index is 0.00716. The molecule has 1 aromatic rings. The van der Waals surface area contributed by atoms with Gasteiger partial charge in [-0.05, 0) is 30.9 Å². The number of hydrogen-bond donors (Lipinski definition) is 1. The van der Waals surface area contributed by atoms with Crippen molar-refractivity contribution < 1.29 is 4.74 Å². The van der Waals surface area contributed by atoms with Gasteiger partial charge in [0.15, 0.2) is 0 Å². The van der Waals surface area contributed by atoms with Gasteiger partial charge in [-0.15, -0.1) is 0 Å². The molecule has 0 amide bonds. The third kappa shape index (κ3) is 2.81. The van der Waals surface area contributed by atoms with E-state index >= 15 is 0 Å². The zero-order valence-corrected chi connectivity index (χ0v) is 12.6. The fraction of sp³-hybridized carbons (Fsp3) is 0.688. The summed E-state index contributed by atoms with van der Waals surface area (Å²) in [6.07, 6.45) is 4.37. The Morgan fingerprint density at radius 3 is 2.95 bits per heavy atom. The van der Waals surface area contributed by atoms with E-state index in [1.807, 2.05) is 6.20 Å². The minimum Gasteiger partial charge on any atom is -0.371 e. The quantitative estimate of drug-likeness (QED) is 0.897. The summed E-state index contributed by atoms with van der Waals surface area (Å²) in [7, 11) is 0. The fourth-order valence-electron chi connectivity index (χ4n) is 3.21. The molecule has 4 nitrogen and oxygen atoms in total. The molecule has 3 heterocycles. The van der Waals surface area contributed by atoms with Gasteiger partial charge >= 0.3 is 0 Å². The predicted molar refractivity (Wildman–Crippen MR) is 81.3 cm³/mol. The molecule has 2 saturated heterocycles. The van der Waals surface area contributed by atoms with Crippen LogP contribution in [-0.2, 0) is 4.74 Å². The van der Waals surface area contributed by atoms with Crippen molar-refractivity contribution in [2.24, 2.45) is 0 Å². The molecule has 2 fully saturated rings. The van der Waals surface area contributed by atoms with Crippen molar-refractivity contribution in [3.05, 3.63) is 24.0 Å². The van der Waals surface area contributed by atoms with E-state index in [2.05, 4.69) is 41.2 Å². The lowest BCUT2D eigenvalue weighted by atomic mass is 9.91. The SMILES string of the molecule is CC(C)c1ccc(N2CCC[C@@]3(CNCCO3)C2)cn1. The molecule has 1 aromatic heterocycles. The van der Waals surface area contributed by atoms with Gasteiger partial charge in [-0.3, -0.25) is 4.98 Å². The van der Waals surface area contributed by atoms with Crippen LogP contribution in [0.15, 0.2) is 18.3 Å². The number of anilines is 1. The number of hydrogen-bond acceptors (Lipinski definition) is 4. The van der Waals surface area contributed by atoms with E-state index < -0.39 is 0 Å². The molecule has 0 unspecified atom stereocenters. The lowest BCUT2D eigenvalue weighted by molar-refractivity contribution is -0.0725. The van der Waals surface area contributed by atoms with Gasteiger partial charge in [-0.2, -0.15) is 0 Å². The van der Waals surface area contributed by atoms with Crippen molar-refractivity contribution in [3.63, 3.8) is 0 Å². The largest absolute Gasteiger partial charge is 0.371 e. The molecular weight excluding hydrogens is 250 g/mol. The van der Waals surface area contributed by atoms with Crippen LogP contribution in [0.5, 0.6) is 0 Å². The fourth-order valence-corrected chi connectivity index (χ4v) is 3.21. The maximum Gasteiger partial charge on any atom is 0.0981 e. The molecule has 1 N–H and O–H groups in total. The highest BCUT2D eigenvalue weighted by Gasteiger charge is 2.38. The lowest BCUT2D eigenvalue weighted by Crippen LogP contribution is -2.58. The molecule has 0 radical (unpaired) electrons. The highest BCUT2D eigenvalue weighted by molar-refractivity contribution is 5.46. The molecule has 2 aliphatic rings. The average molecular weight is 275 g/mol. The smallest absolute Gasteiger partial charge is 0.0981 e. The summed E-state index contributed by atoms with van der Waals surface area (Å²) in [5.74, 6) is 0.489. The molecule has 4 heteroatoms. The van der Waals surface area contributed by atoms with Gasteiger partial charge in [-0.1, -0.05) is 13.8 Å². The molecule has 1 spiro atoms. The van der Waals surface area contributed by atoms with Crippen LogP contribution in [0.2, 0.25) is 0 Å². The van der Waals surface area contributed by atoms with E-state index in [1.165, 1.54) is 12.1 Å². The number of piperidine rings is 1. The van der Waals surface area contributed by atoms with Crippen LogP contribution in [0, 0.1) is 0 Å². The van der Waals surface area contributed by atoms with Crippen molar-refractivity contribution in [1.82, 2.24) is 10.3 Å². The van der Waals surface area contributed by atoms with Crippen molar-refractivity contribution in [2.45, 2.75) is 38.2 Å². The summed E-state index contributed by atoms with van der Waals surface area (Å²) in [6, 6.07) is 4.36. The highest BCUT2D eigenvalue weighted by atomic mass is 16.5. The average Bonchev–Trinajstić information content (AvgIpc) is 2.48. The summed E-state index contributed by atoms with van der Waals surface area (Å²) >= 11 is 0. The van der Waals surface area contributed by atoms with Crippen LogP contribution in [0.4, 0.5) is 5.69 Å². The first-order valence-electron chi connectivity index (χ1n) is 7.74. The first-order chi connectivity index (χ1) is 9.69. The van der Waals surface area contributed by atoms with Crippen LogP contribution < -0.4 is 10.2 Å². The summed E-state index contributed by atoms with van der Waals surface area (Å²) < 4.78 is 6.10. The Balaban J connectivity index is 1.73. The topological polar surface area (TPSA) is 37.4 Å². The first-order valence-corrected chi connectivity index (χ1v) is 7.74.